The van der Waals surface area contributed by atoms with Gasteiger partial charge >= 0.3 is 0 Å². The number of carbonyl (C=O) groups is 1. The average Bonchev–Trinajstić information content (AvgIpc) is 2.95. The largest absolute Gasteiger partial charge is 0.374 e. The molecule has 2 unspecified atom stereocenters. The number of primary amides is 1. The Hall–Kier alpha value is -2.14. The number of allylic oxidation sites excluding steroid dienone is 1. The number of para-hydroxylation sites is 1. The normalized spacial score (nSPS) is 27.3. The summed E-state index contributed by atoms with van der Waals surface area (Å²) in [4.78, 5) is 18.1. The van der Waals surface area contributed by atoms with Gasteiger partial charge in [-0.3, -0.25) is 9.79 Å². The monoisotopic (exact) mass is 299 g/mol. The van der Waals surface area contributed by atoms with Gasteiger partial charge in [0.25, 0.3) is 0 Å². The van der Waals surface area contributed by atoms with Gasteiger partial charge in [-0.05, 0) is 18.2 Å². The van der Waals surface area contributed by atoms with E-state index < -0.39 is 5.54 Å². The van der Waals surface area contributed by atoms with Gasteiger partial charge in [0.2, 0.25) is 5.91 Å². The minimum absolute atomic E-state index is 0.0354. The average molecular weight is 299 g/mol. The van der Waals surface area contributed by atoms with Crippen molar-refractivity contribution in [3.05, 3.63) is 42.5 Å². The van der Waals surface area contributed by atoms with Crippen molar-refractivity contribution in [2.75, 3.05) is 24.6 Å². The first-order valence-corrected chi connectivity index (χ1v) is 7.60. The molecule has 22 heavy (non-hydrogen) atoms. The summed E-state index contributed by atoms with van der Waals surface area (Å²) in [6.45, 7) is 2.36. The number of anilines is 1. The molecule has 1 saturated heterocycles. The first-order valence-electron chi connectivity index (χ1n) is 7.60. The van der Waals surface area contributed by atoms with Crippen molar-refractivity contribution in [3.8, 4) is 0 Å². The zero-order chi connectivity index (χ0) is 15.4. The maximum Gasteiger partial charge on any atom is 0.220 e. The number of nitrogens with two attached hydrogens (primary N) is 1. The molecule has 0 aromatic heterocycles. The molecule has 1 aromatic carbocycles. The highest BCUT2D eigenvalue weighted by Gasteiger charge is 2.35. The van der Waals surface area contributed by atoms with Crippen LogP contribution in [0.25, 0.3) is 0 Å². The van der Waals surface area contributed by atoms with Gasteiger partial charge in [0.05, 0.1) is 24.7 Å². The van der Waals surface area contributed by atoms with E-state index in [-0.39, 0.29) is 18.4 Å². The van der Waals surface area contributed by atoms with E-state index in [0.29, 0.717) is 13.0 Å². The predicted molar refractivity (Wildman–Crippen MR) is 87.2 cm³/mol. The smallest absolute Gasteiger partial charge is 0.220 e. The van der Waals surface area contributed by atoms with Crippen LogP contribution in [0.3, 0.4) is 0 Å². The molecule has 2 N–H and O–H groups in total. The van der Waals surface area contributed by atoms with E-state index in [1.807, 2.05) is 30.4 Å². The Morgan fingerprint density at radius 3 is 2.91 bits per heavy atom. The van der Waals surface area contributed by atoms with E-state index in [1.54, 1.807) is 6.21 Å². The van der Waals surface area contributed by atoms with Gasteiger partial charge in [-0.25, -0.2) is 0 Å². The maximum atomic E-state index is 11.4. The Bertz CT molecular complexity index is 571. The van der Waals surface area contributed by atoms with Crippen molar-refractivity contribution in [2.45, 2.75) is 24.5 Å². The third-order valence-corrected chi connectivity index (χ3v) is 4.15. The zero-order valence-corrected chi connectivity index (χ0v) is 12.5. The molecular formula is C17H21N3O2. The lowest BCUT2D eigenvalue weighted by atomic mass is 9.89. The number of nitrogens with zero attached hydrogens (tertiary/aromatic N) is 2. The molecule has 5 nitrogen and oxygen atoms in total. The number of ether oxygens (including phenoxy) is 1. The van der Waals surface area contributed by atoms with Crippen LogP contribution >= 0.6 is 0 Å². The molecule has 2 aliphatic rings. The number of hydrogen-bond acceptors (Lipinski definition) is 4. The van der Waals surface area contributed by atoms with Crippen LogP contribution in [-0.2, 0) is 9.53 Å². The predicted octanol–water partition coefficient (Wildman–Crippen LogP) is 1.54. The molecule has 1 aromatic rings. The lowest BCUT2D eigenvalue weighted by Crippen LogP contribution is -2.46. The minimum Gasteiger partial charge on any atom is -0.374 e. The number of morpholine rings is 1. The van der Waals surface area contributed by atoms with Gasteiger partial charge < -0.3 is 15.4 Å². The van der Waals surface area contributed by atoms with Crippen molar-refractivity contribution in [3.63, 3.8) is 0 Å². The number of amides is 1. The van der Waals surface area contributed by atoms with E-state index in [1.165, 1.54) is 5.69 Å². The SMILES string of the molecule is NC(=O)CC1(CC2CN(c3ccccc3)CCO2)C=CC=N1. The molecule has 0 aliphatic carbocycles. The molecular weight excluding hydrogens is 278 g/mol. The molecule has 0 radical (unpaired) electrons. The van der Waals surface area contributed by atoms with Crippen LogP contribution in [0.15, 0.2) is 47.5 Å². The second-order valence-electron chi connectivity index (χ2n) is 5.86. The van der Waals surface area contributed by atoms with Crippen LogP contribution < -0.4 is 10.6 Å². The van der Waals surface area contributed by atoms with E-state index in [0.717, 1.165) is 13.1 Å². The van der Waals surface area contributed by atoms with Gasteiger partial charge in [-0.15, -0.1) is 0 Å². The third kappa shape index (κ3) is 3.36. The number of aliphatic imine (C=N–C) groups is 1. The molecule has 0 saturated carbocycles. The molecule has 2 heterocycles. The van der Waals surface area contributed by atoms with Crippen LogP contribution in [0.4, 0.5) is 5.69 Å². The van der Waals surface area contributed by atoms with Crippen molar-refractivity contribution in [1.29, 1.82) is 0 Å². The highest BCUT2D eigenvalue weighted by atomic mass is 16.5. The molecule has 0 spiro atoms. The fraction of sp³-hybridized carbons (Fsp3) is 0.412. The standard InChI is InChI=1S/C17H21N3O2/c18-16(21)12-17(7-4-8-19-17)11-15-13-20(9-10-22-15)14-5-2-1-3-6-14/h1-8,15H,9-13H2,(H2,18,21). The summed E-state index contributed by atoms with van der Waals surface area (Å²) in [6, 6.07) is 10.3. The summed E-state index contributed by atoms with van der Waals surface area (Å²) in [7, 11) is 0. The molecule has 2 aliphatic heterocycles. The lowest BCUT2D eigenvalue weighted by Gasteiger charge is -2.37. The highest BCUT2D eigenvalue weighted by molar-refractivity contribution is 5.80. The van der Waals surface area contributed by atoms with Gasteiger partial charge in [0.1, 0.15) is 0 Å². The van der Waals surface area contributed by atoms with E-state index >= 15 is 0 Å². The van der Waals surface area contributed by atoms with Crippen LogP contribution in [0, 0.1) is 0 Å². The molecule has 1 fully saturated rings. The van der Waals surface area contributed by atoms with E-state index in [2.05, 4.69) is 22.0 Å². The summed E-state index contributed by atoms with van der Waals surface area (Å²) in [5.74, 6) is -0.334. The summed E-state index contributed by atoms with van der Waals surface area (Å²) in [5.41, 5.74) is 6.05. The second-order valence-corrected chi connectivity index (χ2v) is 5.86. The Kier molecular flexibility index (Phi) is 4.24. The lowest BCUT2D eigenvalue weighted by molar-refractivity contribution is -0.119. The first-order chi connectivity index (χ1) is 10.7. The van der Waals surface area contributed by atoms with Crippen molar-refractivity contribution < 1.29 is 9.53 Å². The minimum atomic E-state index is -0.532. The molecule has 1 amide bonds. The fourth-order valence-corrected chi connectivity index (χ4v) is 3.17. The number of carbonyl (C=O) groups excluding carboxylic acids is 1. The molecule has 116 valence electrons. The van der Waals surface area contributed by atoms with Gasteiger partial charge in [0, 0.05) is 31.4 Å². The molecule has 3 rings (SSSR count). The Balaban J connectivity index is 1.68. The Morgan fingerprint density at radius 1 is 1.41 bits per heavy atom. The van der Waals surface area contributed by atoms with Crippen molar-refractivity contribution >= 4 is 17.8 Å². The number of benzene rings is 1. The summed E-state index contributed by atoms with van der Waals surface area (Å²) in [5, 5.41) is 0. The molecule has 2 atom stereocenters. The molecule has 5 heteroatoms. The van der Waals surface area contributed by atoms with Gasteiger partial charge in [-0.1, -0.05) is 24.3 Å². The van der Waals surface area contributed by atoms with Gasteiger partial charge in [-0.2, -0.15) is 0 Å². The van der Waals surface area contributed by atoms with Crippen LogP contribution in [0.2, 0.25) is 0 Å². The molecule has 0 bridgehead atoms. The highest BCUT2D eigenvalue weighted by Crippen LogP contribution is 2.30. The summed E-state index contributed by atoms with van der Waals surface area (Å²) < 4.78 is 5.90. The van der Waals surface area contributed by atoms with Gasteiger partial charge in [0.15, 0.2) is 0 Å². The fourth-order valence-electron chi connectivity index (χ4n) is 3.17. The van der Waals surface area contributed by atoms with Crippen LogP contribution in [0.1, 0.15) is 12.8 Å². The van der Waals surface area contributed by atoms with E-state index in [4.69, 9.17) is 10.5 Å². The second kappa shape index (κ2) is 6.32. The Morgan fingerprint density at radius 2 is 2.23 bits per heavy atom. The zero-order valence-electron chi connectivity index (χ0n) is 12.5. The maximum absolute atomic E-state index is 11.4. The summed E-state index contributed by atoms with van der Waals surface area (Å²) >= 11 is 0. The number of hydrogen-bond donors (Lipinski definition) is 1. The van der Waals surface area contributed by atoms with E-state index in [9.17, 15) is 4.79 Å². The summed E-state index contributed by atoms with van der Waals surface area (Å²) in [6.07, 6.45) is 6.51. The van der Waals surface area contributed by atoms with Crippen molar-refractivity contribution in [2.24, 2.45) is 10.7 Å². The number of rotatable bonds is 5. The van der Waals surface area contributed by atoms with Crippen molar-refractivity contribution in [1.82, 2.24) is 0 Å². The van der Waals surface area contributed by atoms with Crippen LogP contribution in [-0.4, -0.2) is 43.5 Å². The van der Waals surface area contributed by atoms with Crippen LogP contribution in [0.5, 0.6) is 0 Å². The first kappa shape index (κ1) is 14.8. The Labute approximate surface area is 130 Å². The third-order valence-electron chi connectivity index (χ3n) is 4.15. The quantitative estimate of drug-likeness (QED) is 0.896. The topological polar surface area (TPSA) is 67.9 Å².